The second-order valence-electron chi connectivity index (χ2n) is 5.06. The van der Waals surface area contributed by atoms with E-state index in [1.54, 1.807) is 7.11 Å². The maximum atomic E-state index is 12.6. The van der Waals surface area contributed by atoms with E-state index in [9.17, 15) is 4.79 Å². The summed E-state index contributed by atoms with van der Waals surface area (Å²) in [5.41, 5.74) is 2.49. The molecule has 18 heavy (non-hydrogen) atoms. The molecule has 0 saturated heterocycles. The number of carbonyl (C=O) groups is 1. The van der Waals surface area contributed by atoms with Crippen molar-refractivity contribution in [1.82, 2.24) is 0 Å². The van der Waals surface area contributed by atoms with Crippen molar-refractivity contribution < 1.29 is 9.53 Å². The van der Waals surface area contributed by atoms with E-state index in [-0.39, 0.29) is 11.7 Å². The van der Waals surface area contributed by atoms with Gasteiger partial charge >= 0.3 is 0 Å². The van der Waals surface area contributed by atoms with E-state index in [1.165, 1.54) is 0 Å². The molecular weight excluding hydrogens is 248 g/mol. The van der Waals surface area contributed by atoms with Crippen LogP contribution in [0.5, 0.6) is 5.75 Å². The largest absolute Gasteiger partial charge is 0.496 e. The van der Waals surface area contributed by atoms with Crippen LogP contribution in [0.2, 0.25) is 5.02 Å². The molecule has 0 bridgehead atoms. The molecule has 1 saturated carbocycles. The molecule has 0 heterocycles. The van der Waals surface area contributed by atoms with Gasteiger partial charge in [0, 0.05) is 10.9 Å². The Morgan fingerprint density at radius 2 is 1.94 bits per heavy atom. The van der Waals surface area contributed by atoms with Gasteiger partial charge in [-0.2, -0.15) is 0 Å². The molecule has 2 nitrogen and oxygen atoms in total. The lowest BCUT2D eigenvalue weighted by Crippen LogP contribution is -2.14. The highest BCUT2D eigenvalue weighted by Crippen LogP contribution is 2.36. The standard InChI is InChI=1S/C15H19ClO2/c1-9-8-12(18-3)13(10(2)14(9)16)15(17)11-6-4-5-7-11/h8,11H,4-7H2,1-3H3. The van der Waals surface area contributed by atoms with Crippen LogP contribution < -0.4 is 4.74 Å². The first-order valence-electron chi connectivity index (χ1n) is 6.44. The molecule has 0 amide bonds. The van der Waals surface area contributed by atoms with E-state index in [1.807, 2.05) is 19.9 Å². The lowest BCUT2D eigenvalue weighted by Gasteiger charge is -2.17. The van der Waals surface area contributed by atoms with E-state index in [0.29, 0.717) is 16.3 Å². The smallest absolute Gasteiger partial charge is 0.169 e. The zero-order chi connectivity index (χ0) is 13.3. The van der Waals surface area contributed by atoms with Crippen LogP contribution >= 0.6 is 11.6 Å². The molecule has 98 valence electrons. The molecule has 0 atom stereocenters. The van der Waals surface area contributed by atoms with Gasteiger partial charge < -0.3 is 4.74 Å². The van der Waals surface area contributed by atoms with Crippen LogP contribution in [0.4, 0.5) is 0 Å². The van der Waals surface area contributed by atoms with Crippen molar-refractivity contribution in [3.63, 3.8) is 0 Å². The molecule has 0 aromatic heterocycles. The Hall–Kier alpha value is -1.02. The highest BCUT2D eigenvalue weighted by atomic mass is 35.5. The second kappa shape index (κ2) is 5.31. The van der Waals surface area contributed by atoms with Gasteiger partial charge in [0.2, 0.25) is 0 Å². The van der Waals surface area contributed by atoms with Crippen LogP contribution in [0.3, 0.4) is 0 Å². The van der Waals surface area contributed by atoms with Crippen molar-refractivity contribution in [2.45, 2.75) is 39.5 Å². The highest BCUT2D eigenvalue weighted by molar-refractivity contribution is 6.32. The molecule has 1 fully saturated rings. The van der Waals surface area contributed by atoms with Crippen molar-refractivity contribution in [3.8, 4) is 5.75 Å². The van der Waals surface area contributed by atoms with Gasteiger partial charge in [0.25, 0.3) is 0 Å². The lowest BCUT2D eigenvalue weighted by atomic mass is 9.91. The number of aryl methyl sites for hydroxylation is 1. The summed E-state index contributed by atoms with van der Waals surface area (Å²) in [6, 6.07) is 1.86. The van der Waals surface area contributed by atoms with E-state index in [0.717, 1.165) is 36.8 Å². The lowest BCUT2D eigenvalue weighted by molar-refractivity contribution is 0.0919. The number of ketones is 1. The van der Waals surface area contributed by atoms with Crippen molar-refractivity contribution in [3.05, 3.63) is 27.8 Å². The van der Waals surface area contributed by atoms with Gasteiger partial charge in [0.1, 0.15) is 5.75 Å². The minimum atomic E-state index is 0.149. The van der Waals surface area contributed by atoms with E-state index < -0.39 is 0 Å². The number of carbonyl (C=O) groups excluding carboxylic acids is 1. The van der Waals surface area contributed by atoms with E-state index in [4.69, 9.17) is 16.3 Å². The number of hydrogen-bond acceptors (Lipinski definition) is 2. The fraction of sp³-hybridized carbons (Fsp3) is 0.533. The molecule has 0 unspecified atom stereocenters. The monoisotopic (exact) mass is 266 g/mol. The third-order valence-corrected chi connectivity index (χ3v) is 4.42. The Morgan fingerprint density at radius 1 is 1.33 bits per heavy atom. The normalized spacial score (nSPS) is 16.0. The van der Waals surface area contributed by atoms with Crippen LogP contribution in [0.1, 0.15) is 47.2 Å². The van der Waals surface area contributed by atoms with Crippen LogP contribution in [0, 0.1) is 19.8 Å². The first-order chi connectivity index (χ1) is 8.56. The minimum Gasteiger partial charge on any atom is -0.496 e. The Morgan fingerprint density at radius 3 is 2.50 bits per heavy atom. The van der Waals surface area contributed by atoms with Crippen molar-refractivity contribution in [1.29, 1.82) is 0 Å². The van der Waals surface area contributed by atoms with Gasteiger partial charge in [-0.05, 0) is 43.9 Å². The second-order valence-corrected chi connectivity index (χ2v) is 5.43. The molecule has 1 aliphatic carbocycles. The topological polar surface area (TPSA) is 26.3 Å². The summed E-state index contributed by atoms with van der Waals surface area (Å²) in [4.78, 5) is 12.6. The number of Topliss-reactive ketones (excluding diaryl/α,β-unsaturated/α-hetero) is 1. The van der Waals surface area contributed by atoms with Crippen molar-refractivity contribution in [2.75, 3.05) is 7.11 Å². The molecule has 1 aliphatic rings. The summed E-state index contributed by atoms with van der Waals surface area (Å²) in [6.45, 7) is 3.84. The van der Waals surface area contributed by atoms with E-state index in [2.05, 4.69) is 0 Å². The minimum absolute atomic E-state index is 0.149. The van der Waals surface area contributed by atoms with E-state index >= 15 is 0 Å². The predicted octanol–water partition coefficient (Wildman–Crippen LogP) is 4.34. The summed E-state index contributed by atoms with van der Waals surface area (Å²) in [7, 11) is 1.60. The summed E-state index contributed by atoms with van der Waals surface area (Å²) < 4.78 is 5.36. The van der Waals surface area contributed by atoms with Gasteiger partial charge in [-0.25, -0.2) is 0 Å². The summed E-state index contributed by atoms with van der Waals surface area (Å²) in [5.74, 6) is 1.01. The average Bonchev–Trinajstić information content (AvgIpc) is 2.88. The predicted molar refractivity (Wildman–Crippen MR) is 73.8 cm³/mol. The molecule has 1 aromatic rings. The molecule has 1 aromatic carbocycles. The number of methoxy groups -OCH3 is 1. The van der Waals surface area contributed by atoms with Crippen LogP contribution in [0.25, 0.3) is 0 Å². The van der Waals surface area contributed by atoms with Gasteiger partial charge in [-0.15, -0.1) is 0 Å². The summed E-state index contributed by atoms with van der Waals surface area (Å²) >= 11 is 6.25. The average molecular weight is 267 g/mol. The Balaban J connectivity index is 2.48. The molecule has 0 radical (unpaired) electrons. The number of rotatable bonds is 3. The van der Waals surface area contributed by atoms with Crippen LogP contribution in [0.15, 0.2) is 6.07 Å². The van der Waals surface area contributed by atoms with Crippen molar-refractivity contribution in [2.24, 2.45) is 5.92 Å². The third-order valence-electron chi connectivity index (χ3n) is 3.84. The van der Waals surface area contributed by atoms with Crippen molar-refractivity contribution >= 4 is 17.4 Å². The number of hydrogen-bond donors (Lipinski definition) is 0. The zero-order valence-electron chi connectivity index (χ0n) is 11.2. The third kappa shape index (κ3) is 2.26. The van der Waals surface area contributed by atoms with Gasteiger partial charge in [0.05, 0.1) is 12.7 Å². The zero-order valence-corrected chi connectivity index (χ0v) is 11.9. The molecule has 0 aliphatic heterocycles. The number of benzene rings is 1. The fourth-order valence-electron chi connectivity index (χ4n) is 2.78. The number of ether oxygens (including phenoxy) is 1. The van der Waals surface area contributed by atoms with Gasteiger partial charge in [0.15, 0.2) is 5.78 Å². The first kappa shape index (κ1) is 13.4. The highest BCUT2D eigenvalue weighted by Gasteiger charge is 2.28. The Bertz CT molecular complexity index is 474. The quantitative estimate of drug-likeness (QED) is 0.761. The maximum absolute atomic E-state index is 12.6. The van der Waals surface area contributed by atoms with Gasteiger partial charge in [-0.1, -0.05) is 24.4 Å². The molecule has 3 heteroatoms. The van der Waals surface area contributed by atoms with Gasteiger partial charge in [-0.3, -0.25) is 4.79 Å². The number of halogens is 1. The fourth-order valence-corrected chi connectivity index (χ4v) is 2.93. The molecular formula is C15H19ClO2. The van der Waals surface area contributed by atoms with Crippen LogP contribution in [-0.2, 0) is 0 Å². The molecule has 0 N–H and O–H groups in total. The molecule has 2 rings (SSSR count). The Kier molecular flexibility index (Phi) is 3.96. The SMILES string of the molecule is COc1cc(C)c(Cl)c(C)c1C(=O)C1CCCC1. The Labute approximate surface area is 113 Å². The molecule has 0 spiro atoms. The van der Waals surface area contributed by atoms with Crippen LogP contribution in [-0.4, -0.2) is 12.9 Å². The summed E-state index contributed by atoms with van der Waals surface area (Å²) in [5, 5.41) is 0.678. The maximum Gasteiger partial charge on any atom is 0.169 e. The summed E-state index contributed by atoms with van der Waals surface area (Å²) in [6.07, 6.45) is 4.29. The first-order valence-corrected chi connectivity index (χ1v) is 6.82.